The van der Waals surface area contributed by atoms with E-state index < -0.39 is 11.0 Å². The molecule has 0 saturated carbocycles. The first kappa shape index (κ1) is 18.5. The van der Waals surface area contributed by atoms with E-state index in [4.69, 9.17) is 11.6 Å². The molecule has 2 aromatic rings. The highest BCUT2D eigenvalue weighted by atomic mass is 35.5. The summed E-state index contributed by atoms with van der Waals surface area (Å²) in [6.07, 6.45) is 3.90. The summed E-state index contributed by atoms with van der Waals surface area (Å²) in [4.78, 5) is 12.6. The fourth-order valence-corrected chi connectivity index (χ4v) is 2.74. The first-order valence-corrected chi connectivity index (χ1v) is 8.22. The fraction of sp³-hybridized carbons (Fsp3) is 0.444. The zero-order chi connectivity index (χ0) is 18.0. The number of nitrogens with one attached hydrogen (secondary N) is 1. The number of amides is 1. The first-order chi connectivity index (χ1) is 11.1. The van der Waals surface area contributed by atoms with E-state index in [1.807, 2.05) is 38.1 Å². The maximum Gasteiger partial charge on any atom is 0.226 e. The molecule has 0 spiro atoms. The standard InChI is InChI=1S/C18H24ClN3O2/c1-17(2,9-13-6-5-7-15(19)8-13)16(23)20-12-18(3,24)14-10-21-22(4)11-14/h5-8,10-11,24H,9,12H2,1-4H3,(H,20,23)/t18-/m0/s1. The summed E-state index contributed by atoms with van der Waals surface area (Å²) in [7, 11) is 1.78. The molecule has 0 aliphatic carbocycles. The Labute approximate surface area is 147 Å². The Bertz CT molecular complexity index is 723. The average molecular weight is 350 g/mol. The zero-order valence-corrected chi connectivity index (χ0v) is 15.3. The third-order valence-electron chi connectivity index (χ3n) is 4.07. The van der Waals surface area contributed by atoms with Crippen molar-refractivity contribution in [2.24, 2.45) is 12.5 Å². The molecule has 0 unspecified atom stereocenters. The number of benzene rings is 1. The molecule has 6 heteroatoms. The van der Waals surface area contributed by atoms with Crippen molar-refractivity contribution >= 4 is 17.5 Å². The topological polar surface area (TPSA) is 67.2 Å². The second-order valence-corrected chi connectivity index (χ2v) is 7.49. The number of carbonyl (C=O) groups excluding carboxylic acids is 1. The van der Waals surface area contributed by atoms with Crippen LogP contribution in [-0.2, 0) is 23.9 Å². The summed E-state index contributed by atoms with van der Waals surface area (Å²) < 4.78 is 1.62. The monoisotopic (exact) mass is 349 g/mol. The van der Waals surface area contributed by atoms with Crippen molar-refractivity contribution in [1.29, 1.82) is 0 Å². The molecular weight excluding hydrogens is 326 g/mol. The molecule has 0 aliphatic heterocycles. The van der Waals surface area contributed by atoms with E-state index in [2.05, 4.69) is 10.4 Å². The molecule has 0 bridgehead atoms. The van der Waals surface area contributed by atoms with Gasteiger partial charge in [-0.1, -0.05) is 37.6 Å². The minimum atomic E-state index is -1.17. The summed E-state index contributed by atoms with van der Waals surface area (Å²) in [5, 5.41) is 18.1. The van der Waals surface area contributed by atoms with Crippen molar-refractivity contribution in [3.63, 3.8) is 0 Å². The highest BCUT2D eigenvalue weighted by molar-refractivity contribution is 6.30. The maximum atomic E-state index is 12.6. The van der Waals surface area contributed by atoms with Gasteiger partial charge in [-0.3, -0.25) is 9.48 Å². The molecular formula is C18H24ClN3O2. The SMILES string of the molecule is Cn1cc([C@@](C)(O)CNC(=O)C(C)(C)Cc2cccc(Cl)c2)cn1. The van der Waals surface area contributed by atoms with Crippen LogP contribution < -0.4 is 5.32 Å². The zero-order valence-electron chi connectivity index (χ0n) is 14.5. The van der Waals surface area contributed by atoms with E-state index in [1.54, 1.807) is 31.0 Å². The lowest BCUT2D eigenvalue weighted by molar-refractivity contribution is -0.130. The largest absolute Gasteiger partial charge is 0.383 e. The van der Waals surface area contributed by atoms with Crippen LogP contribution in [0.3, 0.4) is 0 Å². The van der Waals surface area contributed by atoms with Gasteiger partial charge >= 0.3 is 0 Å². The van der Waals surface area contributed by atoms with Gasteiger partial charge in [0.1, 0.15) is 5.60 Å². The molecule has 0 fully saturated rings. The minimum Gasteiger partial charge on any atom is -0.383 e. The van der Waals surface area contributed by atoms with Crippen LogP contribution in [-0.4, -0.2) is 27.3 Å². The first-order valence-electron chi connectivity index (χ1n) is 7.84. The van der Waals surface area contributed by atoms with Gasteiger partial charge in [0, 0.05) is 29.2 Å². The number of carbonyl (C=O) groups is 1. The molecule has 1 atom stereocenters. The Kier molecular flexibility index (Phi) is 5.35. The summed E-state index contributed by atoms with van der Waals surface area (Å²) in [5.41, 5.74) is -0.120. The van der Waals surface area contributed by atoms with Gasteiger partial charge in [-0.2, -0.15) is 5.10 Å². The molecule has 0 aliphatic rings. The Morgan fingerprint density at radius 2 is 2.08 bits per heavy atom. The quantitative estimate of drug-likeness (QED) is 0.842. The van der Waals surface area contributed by atoms with Crippen molar-refractivity contribution in [1.82, 2.24) is 15.1 Å². The summed E-state index contributed by atoms with van der Waals surface area (Å²) in [5.74, 6) is -0.119. The van der Waals surface area contributed by atoms with Crippen LogP contribution >= 0.6 is 11.6 Å². The van der Waals surface area contributed by atoms with E-state index in [1.165, 1.54) is 0 Å². The summed E-state index contributed by atoms with van der Waals surface area (Å²) in [6, 6.07) is 7.50. The second-order valence-electron chi connectivity index (χ2n) is 7.05. The number of hydrogen-bond acceptors (Lipinski definition) is 3. The molecule has 2 N–H and O–H groups in total. The Morgan fingerprint density at radius 1 is 1.38 bits per heavy atom. The summed E-state index contributed by atoms with van der Waals surface area (Å²) >= 11 is 6.00. The molecule has 1 amide bonds. The number of halogens is 1. The van der Waals surface area contributed by atoms with E-state index in [0.717, 1.165) is 5.56 Å². The molecule has 0 radical (unpaired) electrons. The van der Waals surface area contributed by atoms with E-state index in [9.17, 15) is 9.90 Å². The van der Waals surface area contributed by atoms with Gasteiger partial charge < -0.3 is 10.4 Å². The molecule has 5 nitrogen and oxygen atoms in total. The second kappa shape index (κ2) is 6.95. The van der Waals surface area contributed by atoms with Crippen LogP contribution in [0, 0.1) is 5.41 Å². The van der Waals surface area contributed by atoms with Gasteiger partial charge in [0.15, 0.2) is 0 Å². The number of hydrogen-bond donors (Lipinski definition) is 2. The van der Waals surface area contributed by atoms with Crippen LogP contribution in [0.15, 0.2) is 36.7 Å². The third kappa shape index (κ3) is 4.58. The van der Waals surface area contributed by atoms with Crippen molar-refractivity contribution in [3.8, 4) is 0 Å². The highest BCUT2D eigenvalue weighted by Gasteiger charge is 2.31. The molecule has 130 valence electrons. The van der Waals surface area contributed by atoms with Gasteiger partial charge in [-0.05, 0) is 31.0 Å². The number of aryl methyl sites for hydroxylation is 1. The summed E-state index contributed by atoms with van der Waals surface area (Å²) in [6.45, 7) is 5.54. The van der Waals surface area contributed by atoms with Crippen molar-refractivity contribution in [2.45, 2.75) is 32.8 Å². The molecule has 1 heterocycles. The predicted molar refractivity (Wildman–Crippen MR) is 94.7 cm³/mol. The third-order valence-corrected chi connectivity index (χ3v) is 4.30. The van der Waals surface area contributed by atoms with Crippen LogP contribution in [0.4, 0.5) is 0 Å². The van der Waals surface area contributed by atoms with Crippen LogP contribution in [0.2, 0.25) is 5.02 Å². The smallest absolute Gasteiger partial charge is 0.226 e. The number of aromatic nitrogens is 2. The van der Waals surface area contributed by atoms with Crippen LogP contribution in [0.5, 0.6) is 0 Å². The van der Waals surface area contributed by atoms with Gasteiger partial charge in [-0.25, -0.2) is 0 Å². The number of nitrogens with zero attached hydrogens (tertiary/aromatic N) is 2. The van der Waals surface area contributed by atoms with Crippen LogP contribution in [0.1, 0.15) is 31.9 Å². The lowest BCUT2D eigenvalue weighted by Gasteiger charge is -2.28. The van der Waals surface area contributed by atoms with Crippen LogP contribution in [0.25, 0.3) is 0 Å². The Morgan fingerprint density at radius 3 is 2.67 bits per heavy atom. The van der Waals surface area contributed by atoms with Gasteiger partial charge in [0.2, 0.25) is 5.91 Å². The molecule has 1 aromatic carbocycles. The molecule has 0 saturated heterocycles. The minimum absolute atomic E-state index is 0.119. The Balaban J connectivity index is 2.00. The molecule has 2 rings (SSSR count). The number of aliphatic hydroxyl groups is 1. The fourth-order valence-electron chi connectivity index (χ4n) is 2.53. The number of rotatable bonds is 6. The predicted octanol–water partition coefficient (Wildman–Crippen LogP) is 2.67. The van der Waals surface area contributed by atoms with Gasteiger partial charge in [0.25, 0.3) is 0 Å². The molecule has 24 heavy (non-hydrogen) atoms. The van der Waals surface area contributed by atoms with E-state index in [-0.39, 0.29) is 12.5 Å². The average Bonchev–Trinajstić information content (AvgIpc) is 2.92. The van der Waals surface area contributed by atoms with E-state index >= 15 is 0 Å². The molecule has 1 aromatic heterocycles. The Hall–Kier alpha value is -1.85. The van der Waals surface area contributed by atoms with E-state index in [0.29, 0.717) is 17.0 Å². The van der Waals surface area contributed by atoms with Crippen molar-refractivity contribution in [2.75, 3.05) is 6.54 Å². The normalized spacial score (nSPS) is 14.2. The van der Waals surface area contributed by atoms with Gasteiger partial charge in [-0.15, -0.1) is 0 Å². The van der Waals surface area contributed by atoms with Crippen molar-refractivity contribution in [3.05, 3.63) is 52.8 Å². The maximum absolute atomic E-state index is 12.6. The lowest BCUT2D eigenvalue weighted by Crippen LogP contribution is -2.44. The highest BCUT2D eigenvalue weighted by Crippen LogP contribution is 2.25. The lowest BCUT2D eigenvalue weighted by atomic mass is 9.84. The van der Waals surface area contributed by atoms with Crippen molar-refractivity contribution < 1.29 is 9.90 Å². The van der Waals surface area contributed by atoms with Gasteiger partial charge in [0.05, 0.1) is 12.7 Å².